The Labute approximate surface area is 143 Å². The van der Waals surface area contributed by atoms with E-state index in [1.165, 1.54) is 0 Å². The lowest BCUT2D eigenvalue weighted by atomic mass is 10.1. The normalized spacial score (nSPS) is 10.8. The van der Waals surface area contributed by atoms with E-state index in [9.17, 15) is 14.4 Å². The van der Waals surface area contributed by atoms with Gasteiger partial charge in [0.1, 0.15) is 5.75 Å². The van der Waals surface area contributed by atoms with Crippen molar-refractivity contribution in [3.8, 4) is 5.75 Å². The van der Waals surface area contributed by atoms with Crippen LogP contribution in [0.15, 0.2) is 24.3 Å². The third-order valence-electron chi connectivity index (χ3n) is 3.03. The Morgan fingerprint density at radius 1 is 1.00 bits per heavy atom. The van der Waals surface area contributed by atoms with Crippen LogP contribution in [0.25, 0.3) is 0 Å². The monoisotopic (exact) mass is 334 g/mol. The highest BCUT2D eigenvalue weighted by Gasteiger charge is 2.15. The van der Waals surface area contributed by atoms with Gasteiger partial charge in [-0.05, 0) is 52.0 Å². The zero-order chi connectivity index (χ0) is 18.2. The summed E-state index contributed by atoms with van der Waals surface area (Å²) in [5.41, 5.74) is 0.197. The number of ketones is 1. The number of Topliss-reactive ketones (excluding diaryl/α,β-unsaturated/α-hetero) is 1. The zero-order valence-electron chi connectivity index (χ0n) is 14.8. The fourth-order valence-electron chi connectivity index (χ4n) is 2.00. The number of rotatable bonds is 8. The molecule has 0 bridgehead atoms. The van der Waals surface area contributed by atoms with E-state index in [0.29, 0.717) is 17.9 Å². The van der Waals surface area contributed by atoms with Crippen molar-refractivity contribution in [3.63, 3.8) is 0 Å². The second-order valence-electron chi connectivity index (χ2n) is 6.46. The van der Waals surface area contributed by atoms with Crippen LogP contribution in [0.2, 0.25) is 0 Å². The molecule has 2 amide bonds. The van der Waals surface area contributed by atoms with Crippen molar-refractivity contribution in [1.29, 1.82) is 0 Å². The molecule has 1 aromatic carbocycles. The Balaban J connectivity index is 2.35. The van der Waals surface area contributed by atoms with Crippen molar-refractivity contribution in [2.75, 3.05) is 13.2 Å². The van der Waals surface area contributed by atoms with Gasteiger partial charge in [0.15, 0.2) is 5.78 Å². The first-order chi connectivity index (χ1) is 11.2. The van der Waals surface area contributed by atoms with Crippen LogP contribution >= 0.6 is 0 Å². The van der Waals surface area contributed by atoms with Crippen LogP contribution in [0.4, 0.5) is 0 Å². The van der Waals surface area contributed by atoms with Crippen molar-refractivity contribution in [2.24, 2.45) is 0 Å². The average Bonchev–Trinajstić information content (AvgIpc) is 2.50. The molecule has 1 rings (SSSR count). The van der Waals surface area contributed by atoms with E-state index >= 15 is 0 Å². The summed E-state index contributed by atoms with van der Waals surface area (Å²) in [6, 6.07) is 6.82. The molecule has 132 valence electrons. The van der Waals surface area contributed by atoms with Crippen LogP contribution in [0.1, 0.15) is 50.9 Å². The Kier molecular flexibility index (Phi) is 7.42. The Hall–Kier alpha value is -2.37. The van der Waals surface area contributed by atoms with Gasteiger partial charge < -0.3 is 15.4 Å². The molecule has 0 heterocycles. The fourth-order valence-corrected chi connectivity index (χ4v) is 2.00. The number of nitrogens with one attached hydrogen (secondary N) is 2. The number of carbonyl (C=O) groups is 3. The number of amides is 2. The maximum atomic E-state index is 12.0. The summed E-state index contributed by atoms with van der Waals surface area (Å²) in [6.07, 6.45) is 0.148. The SMILES string of the molecule is CCOc1ccc(C(=O)CCC(=O)NCC(=O)NC(C)(C)C)cc1. The lowest BCUT2D eigenvalue weighted by molar-refractivity contribution is -0.126. The molecular formula is C18H26N2O4. The summed E-state index contributed by atoms with van der Waals surface area (Å²) < 4.78 is 5.31. The van der Waals surface area contributed by atoms with Crippen molar-refractivity contribution in [1.82, 2.24) is 10.6 Å². The van der Waals surface area contributed by atoms with Gasteiger partial charge in [-0.2, -0.15) is 0 Å². The van der Waals surface area contributed by atoms with Gasteiger partial charge in [0.2, 0.25) is 11.8 Å². The van der Waals surface area contributed by atoms with Crippen LogP contribution < -0.4 is 15.4 Å². The van der Waals surface area contributed by atoms with E-state index in [2.05, 4.69) is 10.6 Å². The smallest absolute Gasteiger partial charge is 0.239 e. The summed E-state index contributed by atoms with van der Waals surface area (Å²) in [6.45, 7) is 7.95. The molecule has 6 nitrogen and oxygen atoms in total. The number of carbonyl (C=O) groups excluding carboxylic acids is 3. The Morgan fingerprint density at radius 3 is 2.17 bits per heavy atom. The molecule has 0 aliphatic heterocycles. The molecule has 0 atom stereocenters. The molecule has 0 radical (unpaired) electrons. The minimum atomic E-state index is -0.342. The van der Waals surface area contributed by atoms with E-state index in [0.717, 1.165) is 0 Å². The highest BCUT2D eigenvalue weighted by atomic mass is 16.5. The third-order valence-corrected chi connectivity index (χ3v) is 3.03. The first-order valence-corrected chi connectivity index (χ1v) is 8.05. The minimum Gasteiger partial charge on any atom is -0.494 e. The predicted molar refractivity (Wildman–Crippen MR) is 92.1 cm³/mol. The van der Waals surface area contributed by atoms with Gasteiger partial charge in [0, 0.05) is 23.9 Å². The second-order valence-corrected chi connectivity index (χ2v) is 6.46. The van der Waals surface area contributed by atoms with Gasteiger partial charge in [-0.25, -0.2) is 0 Å². The molecule has 2 N–H and O–H groups in total. The van der Waals surface area contributed by atoms with E-state index < -0.39 is 0 Å². The maximum Gasteiger partial charge on any atom is 0.239 e. The van der Waals surface area contributed by atoms with Crippen LogP contribution in [0, 0.1) is 0 Å². The summed E-state index contributed by atoms with van der Waals surface area (Å²) in [7, 11) is 0. The first kappa shape index (κ1) is 19.7. The number of hydrogen-bond acceptors (Lipinski definition) is 4. The average molecular weight is 334 g/mol. The molecule has 0 saturated carbocycles. The van der Waals surface area contributed by atoms with Gasteiger partial charge in [0.25, 0.3) is 0 Å². The summed E-state index contributed by atoms with van der Waals surface area (Å²) in [4.78, 5) is 35.4. The van der Waals surface area contributed by atoms with Crippen molar-refractivity contribution in [2.45, 2.75) is 46.1 Å². The standard InChI is InChI=1S/C18H26N2O4/c1-5-24-14-8-6-13(7-9-14)15(21)10-11-16(22)19-12-17(23)20-18(2,3)4/h6-9H,5,10-12H2,1-4H3,(H,19,22)(H,20,23). The number of ether oxygens (including phenoxy) is 1. The molecule has 24 heavy (non-hydrogen) atoms. The summed E-state index contributed by atoms with van der Waals surface area (Å²) in [5.74, 6) is 0.0102. The molecule has 0 aliphatic rings. The second kappa shape index (κ2) is 9.05. The van der Waals surface area contributed by atoms with Gasteiger partial charge in [-0.3, -0.25) is 14.4 Å². The largest absolute Gasteiger partial charge is 0.494 e. The molecular weight excluding hydrogens is 308 g/mol. The van der Waals surface area contributed by atoms with Gasteiger partial charge in [-0.1, -0.05) is 0 Å². The fraction of sp³-hybridized carbons (Fsp3) is 0.500. The first-order valence-electron chi connectivity index (χ1n) is 8.05. The molecule has 0 saturated heterocycles. The van der Waals surface area contributed by atoms with Gasteiger partial charge in [-0.15, -0.1) is 0 Å². The lowest BCUT2D eigenvalue weighted by Gasteiger charge is -2.20. The molecule has 0 aliphatic carbocycles. The van der Waals surface area contributed by atoms with Crippen LogP contribution in [0.5, 0.6) is 5.75 Å². The third kappa shape index (κ3) is 7.76. The Bertz CT molecular complexity index is 574. The highest BCUT2D eigenvalue weighted by molar-refractivity contribution is 5.98. The van der Waals surface area contributed by atoms with Crippen LogP contribution in [0.3, 0.4) is 0 Å². The van der Waals surface area contributed by atoms with Crippen molar-refractivity contribution in [3.05, 3.63) is 29.8 Å². The molecule has 0 spiro atoms. The molecule has 1 aromatic rings. The van der Waals surface area contributed by atoms with E-state index in [-0.39, 0.29) is 42.5 Å². The predicted octanol–water partition coefficient (Wildman–Crippen LogP) is 2.08. The van der Waals surface area contributed by atoms with Crippen molar-refractivity contribution >= 4 is 17.6 Å². The van der Waals surface area contributed by atoms with E-state index in [4.69, 9.17) is 4.74 Å². The minimum absolute atomic E-state index is 0.0504. The van der Waals surface area contributed by atoms with E-state index in [1.807, 2.05) is 27.7 Å². The molecule has 6 heteroatoms. The summed E-state index contributed by atoms with van der Waals surface area (Å²) in [5, 5.41) is 5.26. The number of benzene rings is 1. The zero-order valence-corrected chi connectivity index (χ0v) is 14.8. The van der Waals surface area contributed by atoms with Gasteiger partial charge >= 0.3 is 0 Å². The lowest BCUT2D eigenvalue weighted by Crippen LogP contribution is -2.45. The van der Waals surface area contributed by atoms with Crippen LogP contribution in [-0.2, 0) is 9.59 Å². The Morgan fingerprint density at radius 2 is 1.62 bits per heavy atom. The highest BCUT2D eigenvalue weighted by Crippen LogP contribution is 2.14. The topological polar surface area (TPSA) is 84.5 Å². The summed E-state index contributed by atoms with van der Waals surface area (Å²) >= 11 is 0. The molecule has 0 fully saturated rings. The van der Waals surface area contributed by atoms with E-state index in [1.54, 1.807) is 24.3 Å². The quantitative estimate of drug-likeness (QED) is 0.713. The van der Waals surface area contributed by atoms with Crippen molar-refractivity contribution < 1.29 is 19.1 Å². The van der Waals surface area contributed by atoms with Gasteiger partial charge in [0.05, 0.1) is 13.2 Å². The molecule has 0 aromatic heterocycles. The molecule has 0 unspecified atom stereocenters. The van der Waals surface area contributed by atoms with Crippen LogP contribution in [-0.4, -0.2) is 36.3 Å². The number of hydrogen-bond donors (Lipinski definition) is 2. The maximum absolute atomic E-state index is 12.0.